The Balaban J connectivity index is 1.32. The number of piperazine rings is 1. The van der Waals surface area contributed by atoms with Crippen molar-refractivity contribution in [1.82, 2.24) is 14.8 Å². The third-order valence-electron chi connectivity index (χ3n) is 7.49. The molecule has 176 valence electrons. The van der Waals surface area contributed by atoms with Crippen molar-refractivity contribution in [1.29, 1.82) is 5.26 Å². The van der Waals surface area contributed by atoms with Gasteiger partial charge >= 0.3 is 0 Å². The number of aromatic amines is 1. The maximum absolute atomic E-state index is 13.1. The zero-order valence-corrected chi connectivity index (χ0v) is 20.1. The highest BCUT2D eigenvalue weighted by Crippen LogP contribution is 2.34. The molecule has 1 atom stereocenters. The number of carbonyl (C=O) groups is 1. The van der Waals surface area contributed by atoms with Crippen LogP contribution in [-0.2, 0) is 0 Å². The summed E-state index contributed by atoms with van der Waals surface area (Å²) in [4.78, 5) is 23.4. The number of amides is 1. The van der Waals surface area contributed by atoms with Gasteiger partial charge in [0, 0.05) is 79.6 Å². The van der Waals surface area contributed by atoms with Gasteiger partial charge in [-0.25, -0.2) is 0 Å². The number of nitrogens with zero attached hydrogens (tertiary/aromatic N) is 4. The van der Waals surface area contributed by atoms with Crippen LogP contribution in [-0.4, -0.2) is 66.0 Å². The van der Waals surface area contributed by atoms with Crippen molar-refractivity contribution in [3.8, 4) is 6.07 Å². The van der Waals surface area contributed by atoms with E-state index >= 15 is 0 Å². The number of nitrogens with one attached hydrogen (secondary N) is 1. The van der Waals surface area contributed by atoms with Gasteiger partial charge in [0.1, 0.15) is 0 Å². The molecular weight excluding hydrogens is 422 g/mol. The van der Waals surface area contributed by atoms with E-state index in [1.54, 1.807) is 0 Å². The fourth-order valence-corrected chi connectivity index (χ4v) is 5.48. The number of rotatable bonds is 4. The van der Waals surface area contributed by atoms with Crippen LogP contribution < -0.4 is 4.90 Å². The summed E-state index contributed by atoms with van der Waals surface area (Å²) in [5, 5.41) is 10.5. The van der Waals surface area contributed by atoms with E-state index in [9.17, 15) is 10.1 Å². The second-order valence-corrected chi connectivity index (χ2v) is 9.87. The second-order valence-electron chi connectivity index (χ2n) is 9.87. The number of nitriles is 1. The van der Waals surface area contributed by atoms with Crippen LogP contribution in [0.25, 0.3) is 10.9 Å². The minimum absolute atomic E-state index is 0.127. The molecule has 0 saturated carbocycles. The molecule has 1 amide bonds. The Morgan fingerprint density at radius 2 is 1.91 bits per heavy atom. The average Bonchev–Trinajstić information content (AvgIpc) is 3.32. The van der Waals surface area contributed by atoms with Gasteiger partial charge < -0.3 is 14.8 Å². The summed E-state index contributed by atoms with van der Waals surface area (Å²) in [6.45, 7) is 9.82. The number of aromatic nitrogens is 1. The molecule has 6 nitrogen and oxygen atoms in total. The van der Waals surface area contributed by atoms with Gasteiger partial charge in [-0.3, -0.25) is 9.69 Å². The Kier molecular flexibility index (Phi) is 6.30. The lowest BCUT2D eigenvalue weighted by Gasteiger charge is -2.37. The van der Waals surface area contributed by atoms with Crippen molar-refractivity contribution >= 4 is 22.5 Å². The van der Waals surface area contributed by atoms with Gasteiger partial charge in [0.15, 0.2) is 0 Å². The van der Waals surface area contributed by atoms with Crippen molar-refractivity contribution < 1.29 is 4.79 Å². The monoisotopic (exact) mass is 455 g/mol. The lowest BCUT2D eigenvalue weighted by Crippen LogP contribution is -2.50. The van der Waals surface area contributed by atoms with Crippen LogP contribution in [0.1, 0.15) is 54.1 Å². The number of H-pyrrole nitrogens is 1. The number of fused-ring (bicyclic) bond motifs is 1. The summed E-state index contributed by atoms with van der Waals surface area (Å²) in [5.74, 6) is 0.543. The normalized spacial score (nSPS) is 19.5. The third-order valence-corrected chi connectivity index (χ3v) is 7.49. The van der Waals surface area contributed by atoms with Crippen LogP contribution in [0.3, 0.4) is 0 Å². The molecule has 2 aliphatic heterocycles. The molecule has 0 aliphatic carbocycles. The summed E-state index contributed by atoms with van der Waals surface area (Å²) >= 11 is 0. The Hall–Kier alpha value is -3.30. The molecule has 5 rings (SSSR count). The Labute approximate surface area is 201 Å². The van der Waals surface area contributed by atoms with Crippen molar-refractivity contribution in [2.24, 2.45) is 0 Å². The molecule has 3 aromatic rings. The van der Waals surface area contributed by atoms with E-state index in [2.05, 4.69) is 53.0 Å². The zero-order valence-electron chi connectivity index (χ0n) is 20.1. The predicted octanol–water partition coefficient (Wildman–Crippen LogP) is 4.59. The highest BCUT2D eigenvalue weighted by Gasteiger charge is 2.26. The van der Waals surface area contributed by atoms with E-state index in [0.717, 1.165) is 68.9 Å². The Morgan fingerprint density at radius 1 is 1.09 bits per heavy atom. The van der Waals surface area contributed by atoms with Crippen LogP contribution in [0.5, 0.6) is 0 Å². The number of benzene rings is 2. The molecule has 2 aliphatic rings. The molecule has 2 saturated heterocycles. The first-order valence-corrected chi connectivity index (χ1v) is 12.4. The predicted molar refractivity (Wildman–Crippen MR) is 136 cm³/mol. The second kappa shape index (κ2) is 9.52. The summed E-state index contributed by atoms with van der Waals surface area (Å²) < 4.78 is 0. The van der Waals surface area contributed by atoms with Crippen molar-refractivity contribution in [2.75, 3.05) is 44.2 Å². The summed E-state index contributed by atoms with van der Waals surface area (Å²) in [6.07, 6.45) is 4.38. The smallest absolute Gasteiger partial charge is 0.254 e. The Bertz CT molecular complexity index is 1220. The largest absolute Gasteiger partial charge is 0.371 e. The van der Waals surface area contributed by atoms with E-state index in [0.29, 0.717) is 17.5 Å². The minimum Gasteiger partial charge on any atom is -0.371 e. The van der Waals surface area contributed by atoms with E-state index in [1.807, 2.05) is 35.2 Å². The SMILES string of the molecule is CC(C)N1CCN(C(=O)c2ccc3c(C4CCCN(c5cccc(C#N)c5)C4)c[nH]c3c2)CC1. The van der Waals surface area contributed by atoms with Gasteiger partial charge in [-0.1, -0.05) is 12.1 Å². The number of carbonyl (C=O) groups excluding carboxylic acids is 1. The standard InChI is InChI=1S/C28H33N5O/c1-20(2)31-11-13-32(14-12-31)28(34)22-8-9-25-26(18-30-27(25)16-22)23-6-4-10-33(19-23)24-7-3-5-21(15-24)17-29/h3,5,7-9,15-16,18,20,23,30H,4,6,10-14,19H2,1-2H3. The molecule has 34 heavy (non-hydrogen) atoms. The fraction of sp³-hybridized carbons (Fsp3) is 0.429. The molecule has 2 aromatic carbocycles. The molecule has 0 radical (unpaired) electrons. The maximum Gasteiger partial charge on any atom is 0.254 e. The summed E-state index contributed by atoms with van der Waals surface area (Å²) in [5.41, 5.74) is 4.94. The van der Waals surface area contributed by atoms with Crippen molar-refractivity contribution in [3.05, 3.63) is 65.4 Å². The van der Waals surface area contributed by atoms with Gasteiger partial charge in [-0.15, -0.1) is 0 Å². The molecular formula is C28H33N5O. The number of anilines is 1. The summed E-state index contributed by atoms with van der Waals surface area (Å²) in [6, 6.07) is 16.8. The first-order valence-electron chi connectivity index (χ1n) is 12.4. The van der Waals surface area contributed by atoms with Crippen molar-refractivity contribution in [3.63, 3.8) is 0 Å². The van der Waals surface area contributed by atoms with Crippen LogP contribution in [0.15, 0.2) is 48.7 Å². The van der Waals surface area contributed by atoms with E-state index in [-0.39, 0.29) is 5.91 Å². The van der Waals surface area contributed by atoms with Crippen LogP contribution in [0.4, 0.5) is 5.69 Å². The molecule has 6 heteroatoms. The molecule has 1 unspecified atom stereocenters. The lowest BCUT2D eigenvalue weighted by atomic mass is 9.89. The lowest BCUT2D eigenvalue weighted by molar-refractivity contribution is 0.0595. The minimum atomic E-state index is 0.127. The van der Waals surface area contributed by atoms with E-state index in [1.165, 1.54) is 10.9 Å². The van der Waals surface area contributed by atoms with Crippen LogP contribution in [0.2, 0.25) is 0 Å². The first-order chi connectivity index (χ1) is 16.5. The average molecular weight is 456 g/mol. The van der Waals surface area contributed by atoms with Gasteiger partial charge in [0.05, 0.1) is 11.6 Å². The molecule has 1 aromatic heterocycles. The van der Waals surface area contributed by atoms with E-state index in [4.69, 9.17) is 0 Å². The maximum atomic E-state index is 13.1. The molecule has 1 N–H and O–H groups in total. The molecule has 0 bridgehead atoms. The number of hydrogen-bond donors (Lipinski definition) is 1. The van der Waals surface area contributed by atoms with Crippen molar-refractivity contribution in [2.45, 2.75) is 38.6 Å². The highest BCUT2D eigenvalue weighted by atomic mass is 16.2. The van der Waals surface area contributed by atoms with Gasteiger partial charge in [0.25, 0.3) is 5.91 Å². The highest BCUT2D eigenvalue weighted by molar-refractivity contribution is 5.98. The number of piperidine rings is 1. The first kappa shape index (κ1) is 22.5. The van der Waals surface area contributed by atoms with Crippen LogP contribution in [0, 0.1) is 11.3 Å². The Morgan fingerprint density at radius 3 is 2.68 bits per heavy atom. The topological polar surface area (TPSA) is 66.4 Å². The molecule has 0 spiro atoms. The molecule has 3 heterocycles. The fourth-order valence-electron chi connectivity index (χ4n) is 5.48. The zero-order chi connectivity index (χ0) is 23.7. The molecule has 2 fully saturated rings. The van der Waals surface area contributed by atoms with Gasteiger partial charge in [-0.2, -0.15) is 5.26 Å². The van der Waals surface area contributed by atoms with Gasteiger partial charge in [0.2, 0.25) is 0 Å². The third kappa shape index (κ3) is 4.41. The summed E-state index contributed by atoms with van der Waals surface area (Å²) in [7, 11) is 0. The quantitative estimate of drug-likeness (QED) is 0.625. The van der Waals surface area contributed by atoms with Crippen LogP contribution >= 0.6 is 0 Å². The van der Waals surface area contributed by atoms with Gasteiger partial charge in [-0.05, 0) is 62.6 Å². The van der Waals surface area contributed by atoms with E-state index < -0.39 is 0 Å². The number of hydrogen-bond acceptors (Lipinski definition) is 4.